The van der Waals surface area contributed by atoms with Gasteiger partial charge >= 0.3 is 0 Å². The van der Waals surface area contributed by atoms with Gasteiger partial charge < -0.3 is 10.1 Å². The van der Waals surface area contributed by atoms with Crippen LogP contribution in [0, 0.1) is 11.3 Å². The van der Waals surface area contributed by atoms with Crippen LogP contribution in [0.4, 0.5) is 0 Å². The highest BCUT2D eigenvalue weighted by Crippen LogP contribution is 2.45. The lowest BCUT2D eigenvalue weighted by molar-refractivity contribution is 0.0553. The highest BCUT2D eigenvalue weighted by Gasteiger charge is 2.46. The SMILES string of the molecule is CC(NC1CC1(C)C)C1CCOCC1. The predicted octanol–water partition coefficient (Wildman–Crippen LogP) is 2.19. The van der Waals surface area contributed by atoms with Crippen LogP contribution in [0.15, 0.2) is 0 Å². The van der Waals surface area contributed by atoms with Crippen LogP contribution in [0.3, 0.4) is 0 Å². The van der Waals surface area contributed by atoms with Crippen LogP contribution in [0.25, 0.3) is 0 Å². The van der Waals surface area contributed by atoms with Crippen molar-refractivity contribution in [2.45, 2.75) is 52.1 Å². The van der Waals surface area contributed by atoms with Gasteiger partial charge in [-0.3, -0.25) is 0 Å². The third-order valence-corrected chi connectivity index (χ3v) is 3.95. The summed E-state index contributed by atoms with van der Waals surface area (Å²) in [5.74, 6) is 0.833. The zero-order chi connectivity index (χ0) is 10.2. The summed E-state index contributed by atoms with van der Waals surface area (Å²) in [5.41, 5.74) is 0.555. The number of rotatable bonds is 3. The minimum atomic E-state index is 0.555. The quantitative estimate of drug-likeness (QED) is 0.749. The predicted molar refractivity (Wildman–Crippen MR) is 58.3 cm³/mol. The van der Waals surface area contributed by atoms with Crippen LogP contribution in [-0.2, 0) is 4.74 Å². The second kappa shape index (κ2) is 3.82. The van der Waals surface area contributed by atoms with E-state index in [1.165, 1.54) is 19.3 Å². The van der Waals surface area contributed by atoms with E-state index >= 15 is 0 Å². The third kappa shape index (κ3) is 2.29. The molecule has 0 radical (unpaired) electrons. The molecule has 0 aromatic rings. The normalized spacial score (nSPS) is 34.1. The minimum Gasteiger partial charge on any atom is -0.381 e. The summed E-state index contributed by atoms with van der Waals surface area (Å²) in [6.07, 6.45) is 3.82. The Morgan fingerprint density at radius 2 is 1.86 bits per heavy atom. The molecule has 1 saturated carbocycles. The van der Waals surface area contributed by atoms with Gasteiger partial charge in [0.25, 0.3) is 0 Å². The first-order chi connectivity index (χ1) is 6.59. The number of nitrogens with one attached hydrogen (secondary N) is 1. The van der Waals surface area contributed by atoms with E-state index in [-0.39, 0.29) is 0 Å². The molecule has 0 bridgehead atoms. The third-order valence-electron chi connectivity index (χ3n) is 3.95. The van der Waals surface area contributed by atoms with E-state index in [1.807, 2.05) is 0 Å². The van der Waals surface area contributed by atoms with Gasteiger partial charge in [-0.05, 0) is 37.5 Å². The molecule has 1 aliphatic heterocycles. The van der Waals surface area contributed by atoms with Gasteiger partial charge in [-0.2, -0.15) is 0 Å². The summed E-state index contributed by atoms with van der Waals surface area (Å²) in [6.45, 7) is 8.96. The van der Waals surface area contributed by atoms with Gasteiger partial charge in [-0.1, -0.05) is 13.8 Å². The molecule has 2 atom stereocenters. The highest BCUT2D eigenvalue weighted by atomic mass is 16.5. The molecule has 2 heteroatoms. The molecule has 1 N–H and O–H groups in total. The molecule has 2 rings (SSSR count). The van der Waals surface area contributed by atoms with Crippen molar-refractivity contribution < 1.29 is 4.74 Å². The van der Waals surface area contributed by atoms with Gasteiger partial charge in [0.2, 0.25) is 0 Å². The molecule has 0 aromatic heterocycles. The molecule has 2 aliphatic rings. The Morgan fingerprint density at radius 1 is 1.29 bits per heavy atom. The lowest BCUT2D eigenvalue weighted by Gasteiger charge is -2.29. The molecule has 0 aromatic carbocycles. The van der Waals surface area contributed by atoms with Crippen molar-refractivity contribution in [2.75, 3.05) is 13.2 Å². The lowest BCUT2D eigenvalue weighted by Crippen LogP contribution is -2.39. The Kier molecular flexibility index (Phi) is 2.85. The molecule has 1 aliphatic carbocycles. The van der Waals surface area contributed by atoms with Gasteiger partial charge in [-0.25, -0.2) is 0 Å². The first-order valence-corrected chi connectivity index (χ1v) is 5.93. The maximum Gasteiger partial charge on any atom is 0.0469 e. The van der Waals surface area contributed by atoms with Gasteiger partial charge in [0.05, 0.1) is 0 Å². The van der Waals surface area contributed by atoms with E-state index < -0.39 is 0 Å². The van der Waals surface area contributed by atoms with Crippen molar-refractivity contribution in [2.24, 2.45) is 11.3 Å². The molecular formula is C12H23NO. The van der Waals surface area contributed by atoms with Gasteiger partial charge in [0.1, 0.15) is 0 Å². The second-order valence-corrected chi connectivity index (χ2v) is 5.65. The Bertz CT molecular complexity index is 196. The summed E-state index contributed by atoms with van der Waals surface area (Å²) >= 11 is 0. The van der Waals surface area contributed by atoms with Crippen molar-refractivity contribution >= 4 is 0 Å². The summed E-state index contributed by atoms with van der Waals surface area (Å²) in [5, 5.41) is 3.76. The summed E-state index contributed by atoms with van der Waals surface area (Å²) in [4.78, 5) is 0. The zero-order valence-corrected chi connectivity index (χ0v) is 9.68. The molecule has 0 amide bonds. The molecule has 82 valence electrons. The fourth-order valence-corrected chi connectivity index (χ4v) is 2.42. The molecule has 14 heavy (non-hydrogen) atoms. The Morgan fingerprint density at radius 3 is 2.36 bits per heavy atom. The van der Waals surface area contributed by atoms with Crippen molar-refractivity contribution in [3.63, 3.8) is 0 Å². The monoisotopic (exact) mass is 197 g/mol. The van der Waals surface area contributed by atoms with E-state index in [1.54, 1.807) is 0 Å². The van der Waals surface area contributed by atoms with E-state index in [2.05, 4.69) is 26.1 Å². The van der Waals surface area contributed by atoms with E-state index in [0.717, 1.165) is 25.2 Å². The molecule has 0 spiro atoms. The first kappa shape index (κ1) is 10.4. The maximum atomic E-state index is 5.38. The average molecular weight is 197 g/mol. The van der Waals surface area contributed by atoms with Crippen molar-refractivity contribution in [1.29, 1.82) is 0 Å². The van der Waals surface area contributed by atoms with Crippen LogP contribution in [-0.4, -0.2) is 25.3 Å². The molecule has 2 fully saturated rings. The molecular weight excluding hydrogens is 174 g/mol. The Hall–Kier alpha value is -0.0800. The lowest BCUT2D eigenvalue weighted by atomic mass is 9.93. The van der Waals surface area contributed by atoms with E-state index in [9.17, 15) is 0 Å². The standard InChI is InChI=1S/C12H23NO/c1-9(10-4-6-14-7-5-10)13-11-8-12(11,2)3/h9-11,13H,4-8H2,1-3H3. The number of hydrogen-bond acceptors (Lipinski definition) is 2. The van der Waals surface area contributed by atoms with Gasteiger partial charge in [0, 0.05) is 25.3 Å². The fraction of sp³-hybridized carbons (Fsp3) is 1.00. The van der Waals surface area contributed by atoms with Crippen molar-refractivity contribution in [3.05, 3.63) is 0 Å². The average Bonchev–Trinajstić information content (AvgIpc) is 2.75. The number of hydrogen-bond donors (Lipinski definition) is 1. The molecule has 2 nitrogen and oxygen atoms in total. The molecule has 1 saturated heterocycles. The summed E-state index contributed by atoms with van der Waals surface area (Å²) in [6, 6.07) is 1.44. The number of ether oxygens (including phenoxy) is 1. The van der Waals surface area contributed by atoms with E-state index in [4.69, 9.17) is 4.74 Å². The molecule has 1 heterocycles. The van der Waals surface area contributed by atoms with Crippen LogP contribution in [0.1, 0.15) is 40.0 Å². The van der Waals surface area contributed by atoms with Gasteiger partial charge in [-0.15, -0.1) is 0 Å². The van der Waals surface area contributed by atoms with Crippen molar-refractivity contribution in [1.82, 2.24) is 5.32 Å². The second-order valence-electron chi connectivity index (χ2n) is 5.65. The van der Waals surface area contributed by atoms with Gasteiger partial charge in [0.15, 0.2) is 0 Å². The van der Waals surface area contributed by atoms with Crippen LogP contribution in [0.2, 0.25) is 0 Å². The van der Waals surface area contributed by atoms with Crippen LogP contribution < -0.4 is 5.32 Å². The van der Waals surface area contributed by atoms with Crippen LogP contribution in [0.5, 0.6) is 0 Å². The van der Waals surface area contributed by atoms with Crippen LogP contribution >= 0.6 is 0 Å². The maximum absolute atomic E-state index is 5.38. The zero-order valence-electron chi connectivity index (χ0n) is 9.68. The first-order valence-electron chi connectivity index (χ1n) is 5.93. The molecule has 2 unspecified atom stereocenters. The topological polar surface area (TPSA) is 21.3 Å². The smallest absolute Gasteiger partial charge is 0.0469 e. The van der Waals surface area contributed by atoms with Crippen molar-refractivity contribution in [3.8, 4) is 0 Å². The summed E-state index contributed by atoms with van der Waals surface area (Å²) in [7, 11) is 0. The van der Waals surface area contributed by atoms with E-state index in [0.29, 0.717) is 11.5 Å². The summed E-state index contributed by atoms with van der Waals surface area (Å²) < 4.78 is 5.38. The fourth-order valence-electron chi connectivity index (χ4n) is 2.42. The minimum absolute atomic E-state index is 0.555. The largest absolute Gasteiger partial charge is 0.381 e. The Labute approximate surface area is 87.4 Å². The highest BCUT2D eigenvalue weighted by molar-refractivity contribution is 5.02. The Balaban J connectivity index is 1.75.